The van der Waals surface area contributed by atoms with Crippen molar-refractivity contribution < 1.29 is 0 Å². The zero-order valence-electron chi connectivity index (χ0n) is 17.7. The van der Waals surface area contributed by atoms with E-state index >= 15 is 0 Å². The molecule has 0 amide bonds. The third-order valence-corrected chi connectivity index (χ3v) is 5.90. The molecule has 0 heterocycles. The molecule has 1 aromatic rings. The fourth-order valence-electron chi connectivity index (χ4n) is 4.58. The zero-order valence-corrected chi connectivity index (χ0v) is 17.7. The summed E-state index contributed by atoms with van der Waals surface area (Å²) in [6, 6.07) is 9.07. The van der Waals surface area contributed by atoms with Crippen molar-refractivity contribution in [3.63, 3.8) is 0 Å². The Morgan fingerprint density at radius 1 is 1.04 bits per heavy atom. The van der Waals surface area contributed by atoms with Crippen LogP contribution in [0.4, 0.5) is 0 Å². The molecule has 4 atom stereocenters. The van der Waals surface area contributed by atoms with E-state index in [1.165, 1.54) is 56.1 Å². The third kappa shape index (κ3) is 7.38. The summed E-state index contributed by atoms with van der Waals surface area (Å²) in [5.41, 5.74) is 2.92. The Kier molecular flexibility index (Phi) is 10.9. The fraction of sp³-hybridized carbons (Fsp3) is 0.680. The Hall–Kier alpha value is -1.04. The van der Waals surface area contributed by atoms with E-state index < -0.39 is 0 Å². The van der Waals surface area contributed by atoms with Crippen molar-refractivity contribution in [3.05, 3.63) is 47.5 Å². The number of hydrogen-bond donors (Lipinski definition) is 0. The van der Waals surface area contributed by atoms with E-state index in [-0.39, 0.29) is 0 Å². The van der Waals surface area contributed by atoms with Crippen molar-refractivity contribution in [3.8, 4) is 0 Å². The molecule has 1 aliphatic rings. The van der Waals surface area contributed by atoms with Crippen LogP contribution in [0, 0.1) is 30.6 Å². The van der Waals surface area contributed by atoms with E-state index in [0.717, 1.165) is 23.7 Å². The van der Waals surface area contributed by atoms with Gasteiger partial charge in [-0.25, -0.2) is 0 Å². The summed E-state index contributed by atoms with van der Waals surface area (Å²) in [5, 5.41) is 0. The van der Waals surface area contributed by atoms with Crippen LogP contribution in [0.15, 0.2) is 36.4 Å². The van der Waals surface area contributed by atoms with Gasteiger partial charge in [0.05, 0.1) is 0 Å². The minimum Gasteiger partial charge on any atom is -0.0885 e. The highest BCUT2D eigenvalue weighted by Gasteiger charge is 2.37. The van der Waals surface area contributed by atoms with Crippen molar-refractivity contribution in [1.29, 1.82) is 0 Å². The molecule has 25 heavy (non-hydrogen) atoms. The smallest absolute Gasteiger partial charge is 0.0276 e. The largest absolute Gasteiger partial charge is 0.0885 e. The SMILES string of the molecule is CC.CCCC/C=C\C[C@H]1C(C)C[C@@H](C)C1CCc1cccc(C)c1. The number of hydrogen-bond acceptors (Lipinski definition) is 0. The Morgan fingerprint density at radius 3 is 2.44 bits per heavy atom. The predicted octanol–water partition coefficient (Wildman–Crippen LogP) is 8.00. The summed E-state index contributed by atoms with van der Waals surface area (Å²) in [4.78, 5) is 0. The molecule has 0 N–H and O–H groups in total. The summed E-state index contributed by atoms with van der Waals surface area (Å²) >= 11 is 0. The van der Waals surface area contributed by atoms with Gasteiger partial charge >= 0.3 is 0 Å². The van der Waals surface area contributed by atoms with Crippen molar-refractivity contribution >= 4 is 0 Å². The Morgan fingerprint density at radius 2 is 1.76 bits per heavy atom. The first-order chi connectivity index (χ1) is 12.1. The molecule has 0 saturated heterocycles. The lowest BCUT2D eigenvalue weighted by atomic mass is 9.81. The topological polar surface area (TPSA) is 0 Å². The molecule has 1 aliphatic carbocycles. The molecule has 1 aromatic carbocycles. The first kappa shape index (κ1) is 22.0. The van der Waals surface area contributed by atoms with Gasteiger partial charge in [-0.2, -0.15) is 0 Å². The van der Waals surface area contributed by atoms with Crippen LogP contribution in [0.2, 0.25) is 0 Å². The lowest BCUT2D eigenvalue weighted by Gasteiger charge is -2.24. The lowest BCUT2D eigenvalue weighted by Crippen LogP contribution is -2.16. The van der Waals surface area contributed by atoms with Gasteiger partial charge in [0.1, 0.15) is 0 Å². The van der Waals surface area contributed by atoms with Gasteiger partial charge in [-0.3, -0.25) is 0 Å². The van der Waals surface area contributed by atoms with Gasteiger partial charge in [0, 0.05) is 0 Å². The molecule has 1 fully saturated rings. The first-order valence-corrected chi connectivity index (χ1v) is 10.8. The standard InChI is InChI=1S/C23H36.C2H6/c1-5-6-7-8-9-13-22-19(3)17-20(4)23(22)15-14-21-12-10-11-18(2)16-21;1-2/h8-12,16,19-20,22-23H,5-7,13-15,17H2,1-4H3;1-2H3/b9-8-;/t19?,20-,22+,23?;/m1./s1. The third-order valence-electron chi connectivity index (χ3n) is 5.90. The van der Waals surface area contributed by atoms with E-state index in [2.05, 4.69) is 64.1 Å². The zero-order chi connectivity index (χ0) is 18.7. The van der Waals surface area contributed by atoms with Gasteiger partial charge in [0.15, 0.2) is 0 Å². The summed E-state index contributed by atoms with van der Waals surface area (Å²) in [6.45, 7) is 13.4. The van der Waals surface area contributed by atoms with Crippen LogP contribution in [-0.4, -0.2) is 0 Å². The second-order valence-electron chi connectivity index (χ2n) is 7.90. The lowest BCUT2D eigenvalue weighted by molar-refractivity contribution is 0.283. The minimum absolute atomic E-state index is 0.892. The number of rotatable bonds is 8. The predicted molar refractivity (Wildman–Crippen MR) is 114 cm³/mol. The number of unbranched alkanes of at least 4 members (excludes halogenated alkanes) is 2. The molecule has 0 nitrogen and oxygen atoms in total. The molecule has 0 heteroatoms. The fourth-order valence-corrected chi connectivity index (χ4v) is 4.58. The number of aryl methyl sites for hydroxylation is 2. The van der Waals surface area contributed by atoms with Crippen LogP contribution in [-0.2, 0) is 6.42 Å². The quantitative estimate of drug-likeness (QED) is 0.331. The van der Waals surface area contributed by atoms with Gasteiger partial charge in [-0.15, -0.1) is 0 Å². The highest BCUT2D eigenvalue weighted by molar-refractivity contribution is 5.22. The maximum Gasteiger partial charge on any atom is -0.0276 e. The van der Waals surface area contributed by atoms with E-state index in [4.69, 9.17) is 0 Å². The number of allylic oxidation sites excluding steroid dienone is 2. The molecule has 0 spiro atoms. The highest BCUT2D eigenvalue weighted by atomic mass is 14.4. The molecule has 0 bridgehead atoms. The van der Waals surface area contributed by atoms with Crippen LogP contribution in [0.3, 0.4) is 0 Å². The molecule has 0 aromatic heterocycles. The maximum absolute atomic E-state index is 2.48. The van der Waals surface area contributed by atoms with Crippen molar-refractivity contribution in [2.75, 3.05) is 0 Å². The average Bonchev–Trinajstić information content (AvgIpc) is 2.88. The van der Waals surface area contributed by atoms with Crippen LogP contribution < -0.4 is 0 Å². The van der Waals surface area contributed by atoms with E-state index in [0.29, 0.717) is 0 Å². The maximum atomic E-state index is 2.48. The molecule has 0 aliphatic heterocycles. The van der Waals surface area contributed by atoms with Gasteiger partial charge in [0.2, 0.25) is 0 Å². The van der Waals surface area contributed by atoms with Crippen LogP contribution in [0.1, 0.15) is 84.3 Å². The second-order valence-corrected chi connectivity index (χ2v) is 7.90. The van der Waals surface area contributed by atoms with Crippen molar-refractivity contribution in [2.45, 2.75) is 86.5 Å². The van der Waals surface area contributed by atoms with Crippen LogP contribution in [0.25, 0.3) is 0 Å². The molecule has 0 radical (unpaired) electrons. The van der Waals surface area contributed by atoms with Gasteiger partial charge < -0.3 is 0 Å². The van der Waals surface area contributed by atoms with Crippen LogP contribution >= 0.6 is 0 Å². The Balaban J connectivity index is 0.00000151. The molecule has 1 saturated carbocycles. The van der Waals surface area contributed by atoms with Crippen molar-refractivity contribution in [1.82, 2.24) is 0 Å². The Labute approximate surface area is 158 Å². The summed E-state index contributed by atoms with van der Waals surface area (Å²) in [5.74, 6) is 3.58. The highest BCUT2D eigenvalue weighted by Crippen LogP contribution is 2.45. The van der Waals surface area contributed by atoms with E-state index in [9.17, 15) is 0 Å². The second kappa shape index (κ2) is 12.3. The van der Waals surface area contributed by atoms with Crippen LogP contribution in [0.5, 0.6) is 0 Å². The minimum atomic E-state index is 0.892. The average molecular weight is 343 g/mol. The van der Waals surface area contributed by atoms with E-state index in [1.807, 2.05) is 13.8 Å². The van der Waals surface area contributed by atoms with Gasteiger partial charge in [-0.05, 0) is 68.3 Å². The normalized spacial score (nSPS) is 25.8. The van der Waals surface area contributed by atoms with E-state index in [1.54, 1.807) is 0 Å². The van der Waals surface area contributed by atoms with Gasteiger partial charge in [-0.1, -0.05) is 89.4 Å². The summed E-state index contributed by atoms with van der Waals surface area (Å²) in [7, 11) is 0. The first-order valence-electron chi connectivity index (χ1n) is 10.8. The molecular formula is C25H42. The van der Waals surface area contributed by atoms with Gasteiger partial charge in [0.25, 0.3) is 0 Å². The van der Waals surface area contributed by atoms with Crippen molar-refractivity contribution in [2.24, 2.45) is 23.7 Å². The number of benzene rings is 1. The molecule has 2 rings (SSSR count). The molecular weight excluding hydrogens is 300 g/mol. The summed E-state index contributed by atoms with van der Waals surface area (Å²) < 4.78 is 0. The molecule has 2 unspecified atom stereocenters. The summed E-state index contributed by atoms with van der Waals surface area (Å²) in [6.07, 6.45) is 14.2. The molecule has 142 valence electrons. The Bertz CT molecular complexity index is 485. The monoisotopic (exact) mass is 342 g/mol.